The van der Waals surface area contributed by atoms with Gasteiger partial charge in [-0.15, -0.1) is 0 Å². The molecule has 0 bridgehead atoms. The average molecular weight is 160 g/mol. The highest BCUT2D eigenvalue weighted by atomic mass is 19.3. The van der Waals surface area contributed by atoms with Crippen molar-refractivity contribution in [1.29, 1.82) is 5.41 Å². The topological polar surface area (TPSA) is 54.6 Å². The van der Waals surface area contributed by atoms with Crippen molar-refractivity contribution in [2.45, 2.75) is 13.0 Å². The van der Waals surface area contributed by atoms with Crippen molar-refractivity contribution in [3.8, 4) is 0 Å². The first kappa shape index (κ1) is 7.77. The van der Waals surface area contributed by atoms with Crippen molar-refractivity contribution in [3.05, 3.63) is 18.0 Å². The maximum Gasteiger partial charge on any atom is 0.258 e. The Morgan fingerprint density at radius 2 is 2.27 bits per heavy atom. The van der Waals surface area contributed by atoms with E-state index in [-0.39, 0.29) is 5.62 Å². The minimum Gasteiger partial charge on any atom is -0.266 e. The van der Waals surface area contributed by atoms with E-state index in [1.165, 1.54) is 12.4 Å². The summed E-state index contributed by atoms with van der Waals surface area (Å²) < 4.78 is 24.3. The third-order valence-electron chi connectivity index (χ3n) is 1.02. The van der Waals surface area contributed by atoms with E-state index in [1.807, 2.05) is 0 Å². The molecular formula is C5H6F2N4. The molecule has 0 aliphatic heterocycles. The van der Waals surface area contributed by atoms with Crippen molar-refractivity contribution >= 4 is 0 Å². The predicted octanol–water partition coefficient (Wildman–Crippen LogP) is 0.0227. The van der Waals surface area contributed by atoms with E-state index >= 15 is 0 Å². The number of rotatable bonds is 2. The molecule has 1 rings (SSSR count). The highest BCUT2D eigenvalue weighted by Crippen LogP contribution is 1.92. The molecule has 1 aromatic rings. The van der Waals surface area contributed by atoms with Crippen LogP contribution in [-0.4, -0.2) is 21.2 Å². The van der Waals surface area contributed by atoms with Gasteiger partial charge in [-0.2, -0.15) is 5.10 Å². The SMILES string of the molecule is N=c1nccnn1CC(F)F. The van der Waals surface area contributed by atoms with E-state index in [0.29, 0.717) is 0 Å². The van der Waals surface area contributed by atoms with Crippen LogP contribution in [-0.2, 0) is 6.54 Å². The summed E-state index contributed by atoms with van der Waals surface area (Å²) >= 11 is 0. The molecule has 0 unspecified atom stereocenters. The minimum absolute atomic E-state index is 0.257. The fourth-order valence-electron chi connectivity index (χ4n) is 0.600. The molecule has 0 aromatic carbocycles. The lowest BCUT2D eigenvalue weighted by molar-refractivity contribution is 0.118. The molecular weight excluding hydrogens is 154 g/mol. The fraction of sp³-hybridized carbons (Fsp3) is 0.400. The summed E-state index contributed by atoms with van der Waals surface area (Å²) in [5, 5.41) is 10.5. The van der Waals surface area contributed by atoms with Crippen LogP contribution in [0.15, 0.2) is 12.4 Å². The standard InChI is InChI=1S/C5H6F2N4/c6-4(7)3-11-5(8)9-1-2-10-11/h1-2,4,8H,3H2. The molecule has 4 nitrogen and oxygen atoms in total. The van der Waals surface area contributed by atoms with Crippen molar-refractivity contribution in [1.82, 2.24) is 14.8 Å². The molecule has 60 valence electrons. The Balaban J connectivity index is 2.87. The van der Waals surface area contributed by atoms with Crippen molar-refractivity contribution in [2.24, 2.45) is 0 Å². The van der Waals surface area contributed by atoms with Gasteiger partial charge in [0.2, 0.25) is 5.62 Å². The first-order valence-corrected chi connectivity index (χ1v) is 2.91. The van der Waals surface area contributed by atoms with Crippen LogP contribution in [0.4, 0.5) is 8.78 Å². The average Bonchev–Trinajstić information content (AvgIpc) is 1.93. The molecule has 0 atom stereocenters. The van der Waals surface area contributed by atoms with Crippen LogP contribution in [0.1, 0.15) is 0 Å². The Hall–Kier alpha value is -1.33. The summed E-state index contributed by atoms with van der Waals surface area (Å²) in [5.41, 5.74) is -0.257. The summed E-state index contributed by atoms with van der Waals surface area (Å²) in [7, 11) is 0. The molecule has 0 spiro atoms. The van der Waals surface area contributed by atoms with Gasteiger partial charge in [0.15, 0.2) is 0 Å². The van der Waals surface area contributed by atoms with Gasteiger partial charge in [-0.05, 0) is 0 Å². The number of hydrogen-bond donors (Lipinski definition) is 1. The number of aromatic nitrogens is 3. The quantitative estimate of drug-likeness (QED) is 0.663. The zero-order chi connectivity index (χ0) is 8.27. The van der Waals surface area contributed by atoms with Crippen LogP contribution >= 0.6 is 0 Å². The van der Waals surface area contributed by atoms with Gasteiger partial charge in [0.1, 0.15) is 6.54 Å². The smallest absolute Gasteiger partial charge is 0.258 e. The second kappa shape index (κ2) is 3.18. The third-order valence-corrected chi connectivity index (χ3v) is 1.02. The zero-order valence-electron chi connectivity index (χ0n) is 5.54. The number of nitrogens with one attached hydrogen (secondary N) is 1. The highest BCUT2D eigenvalue weighted by Gasteiger charge is 2.03. The van der Waals surface area contributed by atoms with Gasteiger partial charge < -0.3 is 0 Å². The number of hydrogen-bond acceptors (Lipinski definition) is 3. The normalized spacial score (nSPS) is 10.5. The van der Waals surface area contributed by atoms with E-state index in [9.17, 15) is 8.78 Å². The Morgan fingerprint density at radius 3 is 2.82 bits per heavy atom. The van der Waals surface area contributed by atoms with Gasteiger partial charge in [0.25, 0.3) is 6.43 Å². The lowest BCUT2D eigenvalue weighted by atomic mass is 10.7. The number of alkyl halides is 2. The van der Waals surface area contributed by atoms with Gasteiger partial charge >= 0.3 is 0 Å². The molecule has 0 aliphatic rings. The van der Waals surface area contributed by atoms with Crippen LogP contribution in [0.3, 0.4) is 0 Å². The van der Waals surface area contributed by atoms with Gasteiger partial charge in [0.05, 0.1) is 12.4 Å². The molecule has 1 aromatic heterocycles. The summed E-state index contributed by atoms with van der Waals surface area (Å²) in [5.74, 6) is 0. The van der Waals surface area contributed by atoms with Crippen molar-refractivity contribution < 1.29 is 8.78 Å². The van der Waals surface area contributed by atoms with Crippen molar-refractivity contribution in [3.63, 3.8) is 0 Å². The first-order chi connectivity index (χ1) is 5.20. The molecule has 0 radical (unpaired) electrons. The molecule has 0 aliphatic carbocycles. The molecule has 1 N–H and O–H groups in total. The monoisotopic (exact) mass is 160 g/mol. The summed E-state index contributed by atoms with van der Waals surface area (Å²) in [6, 6.07) is 0. The zero-order valence-corrected chi connectivity index (χ0v) is 5.54. The van der Waals surface area contributed by atoms with E-state index in [1.54, 1.807) is 0 Å². The van der Waals surface area contributed by atoms with Gasteiger partial charge in [-0.3, -0.25) is 5.41 Å². The predicted molar refractivity (Wildman–Crippen MR) is 31.9 cm³/mol. The first-order valence-electron chi connectivity index (χ1n) is 2.91. The lowest BCUT2D eigenvalue weighted by Crippen LogP contribution is -2.27. The van der Waals surface area contributed by atoms with Crippen LogP contribution in [0.25, 0.3) is 0 Å². The Bertz CT molecular complexity index is 282. The minimum atomic E-state index is -2.50. The maximum absolute atomic E-state index is 11.7. The van der Waals surface area contributed by atoms with E-state index in [2.05, 4.69) is 10.1 Å². The molecule has 6 heteroatoms. The third kappa shape index (κ3) is 2.06. The maximum atomic E-state index is 11.7. The molecule has 11 heavy (non-hydrogen) atoms. The number of halogens is 2. The second-order valence-corrected chi connectivity index (χ2v) is 1.84. The Morgan fingerprint density at radius 1 is 1.55 bits per heavy atom. The van der Waals surface area contributed by atoms with Gasteiger partial charge in [-0.25, -0.2) is 18.4 Å². The lowest BCUT2D eigenvalue weighted by Gasteiger charge is -2.00. The molecule has 0 saturated heterocycles. The Kier molecular flexibility index (Phi) is 2.25. The molecule has 0 fully saturated rings. The summed E-state index contributed by atoms with van der Waals surface area (Å²) in [6.07, 6.45) is 0.0471. The summed E-state index contributed by atoms with van der Waals surface area (Å²) in [6.45, 7) is -0.577. The van der Waals surface area contributed by atoms with E-state index in [4.69, 9.17) is 5.41 Å². The molecule has 0 saturated carbocycles. The van der Waals surface area contributed by atoms with Gasteiger partial charge in [-0.1, -0.05) is 0 Å². The number of nitrogens with zero attached hydrogens (tertiary/aromatic N) is 3. The Labute approximate surface area is 61.0 Å². The van der Waals surface area contributed by atoms with Crippen LogP contribution < -0.4 is 5.62 Å². The largest absolute Gasteiger partial charge is 0.266 e. The highest BCUT2D eigenvalue weighted by molar-refractivity contribution is 4.63. The second-order valence-electron chi connectivity index (χ2n) is 1.84. The molecule has 0 amide bonds. The van der Waals surface area contributed by atoms with E-state index in [0.717, 1.165) is 4.68 Å². The summed E-state index contributed by atoms with van der Waals surface area (Å²) in [4.78, 5) is 3.47. The van der Waals surface area contributed by atoms with Crippen LogP contribution in [0, 0.1) is 5.41 Å². The van der Waals surface area contributed by atoms with Crippen LogP contribution in [0.2, 0.25) is 0 Å². The fourth-order valence-corrected chi connectivity index (χ4v) is 0.600. The van der Waals surface area contributed by atoms with E-state index < -0.39 is 13.0 Å². The molecule has 1 heterocycles. The van der Waals surface area contributed by atoms with Crippen LogP contribution in [0.5, 0.6) is 0 Å². The van der Waals surface area contributed by atoms with Gasteiger partial charge in [0, 0.05) is 0 Å². The van der Waals surface area contributed by atoms with Crippen molar-refractivity contribution in [2.75, 3.05) is 0 Å².